The molecule has 0 radical (unpaired) electrons. The second-order valence-electron chi connectivity index (χ2n) is 5.06. The Morgan fingerprint density at radius 2 is 1.67 bits per heavy atom. The third-order valence-electron chi connectivity index (χ3n) is 3.98. The van der Waals surface area contributed by atoms with Crippen molar-refractivity contribution in [1.82, 2.24) is 0 Å². The van der Waals surface area contributed by atoms with Crippen LogP contribution in [-0.4, -0.2) is 19.0 Å². The highest BCUT2D eigenvalue weighted by atomic mass is 35.5. The standard InChI is InChI=1S/C14H16Cl2O2/c15-12-2-1-11(9-13(12)16)10-3-5-14(6-4-10)17-7-8-18-14/h1-2,9-10H,3-8H2. The topological polar surface area (TPSA) is 18.5 Å². The smallest absolute Gasteiger partial charge is 0.168 e. The molecule has 1 aromatic rings. The van der Waals surface area contributed by atoms with Crippen LogP contribution in [0.3, 0.4) is 0 Å². The van der Waals surface area contributed by atoms with Crippen molar-refractivity contribution in [1.29, 1.82) is 0 Å². The summed E-state index contributed by atoms with van der Waals surface area (Å²) < 4.78 is 11.5. The van der Waals surface area contributed by atoms with Gasteiger partial charge in [0.05, 0.1) is 23.3 Å². The van der Waals surface area contributed by atoms with Crippen molar-refractivity contribution in [2.24, 2.45) is 0 Å². The van der Waals surface area contributed by atoms with Gasteiger partial charge < -0.3 is 9.47 Å². The number of ether oxygens (including phenoxy) is 2. The van der Waals surface area contributed by atoms with Crippen LogP contribution in [0, 0.1) is 0 Å². The van der Waals surface area contributed by atoms with Gasteiger partial charge in [0.1, 0.15) is 0 Å². The average Bonchev–Trinajstić information content (AvgIpc) is 2.82. The van der Waals surface area contributed by atoms with Gasteiger partial charge in [-0.05, 0) is 36.5 Å². The molecule has 1 spiro atoms. The summed E-state index contributed by atoms with van der Waals surface area (Å²) >= 11 is 12.0. The molecule has 0 amide bonds. The van der Waals surface area contributed by atoms with E-state index < -0.39 is 0 Å². The molecule has 1 aromatic carbocycles. The average molecular weight is 287 g/mol. The third kappa shape index (κ3) is 2.39. The van der Waals surface area contributed by atoms with Gasteiger partial charge in [0.15, 0.2) is 5.79 Å². The Kier molecular flexibility index (Phi) is 3.55. The van der Waals surface area contributed by atoms with Crippen molar-refractivity contribution in [2.45, 2.75) is 37.4 Å². The van der Waals surface area contributed by atoms with Gasteiger partial charge in [-0.15, -0.1) is 0 Å². The van der Waals surface area contributed by atoms with Gasteiger partial charge in [-0.2, -0.15) is 0 Å². The van der Waals surface area contributed by atoms with Crippen LogP contribution in [0.2, 0.25) is 10.0 Å². The molecule has 2 nitrogen and oxygen atoms in total. The maximum Gasteiger partial charge on any atom is 0.168 e. The van der Waals surface area contributed by atoms with E-state index >= 15 is 0 Å². The molecular weight excluding hydrogens is 271 g/mol. The summed E-state index contributed by atoms with van der Waals surface area (Å²) in [6, 6.07) is 5.95. The van der Waals surface area contributed by atoms with Gasteiger partial charge in [0, 0.05) is 12.8 Å². The van der Waals surface area contributed by atoms with E-state index in [2.05, 4.69) is 6.07 Å². The number of benzene rings is 1. The SMILES string of the molecule is Clc1ccc(C2CCC3(CC2)OCCO3)cc1Cl. The lowest BCUT2D eigenvalue weighted by molar-refractivity contribution is -0.178. The molecule has 0 unspecified atom stereocenters. The first-order valence-corrected chi connectivity index (χ1v) is 7.17. The lowest BCUT2D eigenvalue weighted by Crippen LogP contribution is -2.34. The minimum Gasteiger partial charge on any atom is -0.348 e. The van der Waals surface area contributed by atoms with E-state index in [1.54, 1.807) is 0 Å². The Hall–Kier alpha value is -0.280. The van der Waals surface area contributed by atoms with Gasteiger partial charge in [0.25, 0.3) is 0 Å². The molecule has 4 heteroatoms. The summed E-state index contributed by atoms with van der Waals surface area (Å²) in [5.41, 5.74) is 1.28. The molecular formula is C14H16Cl2O2. The summed E-state index contributed by atoms with van der Waals surface area (Å²) in [6.07, 6.45) is 4.10. The molecule has 1 aliphatic carbocycles. The van der Waals surface area contributed by atoms with Crippen molar-refractivity contribution < 1.29 is 9.47 Å². The lowest BCUT2D eigenvalue weighted by atomic mass is 9.81. The van der Waals surface area contributed by atoms with Crippen molar-refractivity contribution in [3.05, 3.63) is 33.8 Å². The number of hydrogen-bond acceptors (Lipinski definition) is 2. The van der Waals surface area contributed by atoms with E-state index in [0.717, 1.165) is 38.9 Å². The first-order chi connectivity index (χ1) is 8.69. The largest absolute Gasteiger partial charge is 0.348 e. The minimum absolute atomic E-state index is 0.285. The molecule has 0 N–H and O–H groups in total. The molecule has 1 heterocycles. The van der Waals surface area contributed by atoms with Crippen LogP contribution in [-0.2, 0) is 9.47 Å². The van der Waals surface area contributed by atoms with E-state index in [0.29, 0.717) is 16.0 Å². The molecule has 3 rings (SSSR count). The molecule has 0 aromatic heterocycles. The zero-order valence-electron chi connectivity index (χ0n) is 10.1. The van der Waals surface area contributed by atoms with Crippen LogP contribution in [0.5, 0.6) is 0 Å². The predicted octanol–water partition coefficient (Wildman–Crippen LogP) is 4.39. The fourth-order valence-electron chi connectivity index (χ4n) is 2.94. The fraction of sp³-hybridized carbons (Fsp3) is 0.571. The minimum atomic E-state index is -0.285. The molecule has 0 bridgehead atoms. The van der Waals surface area contributed by atoms with Crippen LogP contribution in [0.4, 0.5) is 0 Å². The quantitative estimate of drug-likeness (QED) is 0.762. The summed E-state index contributed by atoms with van der Waals surface area (Å²) in [6.45, 7) is 1.47. The van der Waals surface area contributed by atoms with Gasteiger partial charge in [-0.1, -0.05) is 29.3 Å². The normalized spacial score (nSPS) is 23.7. The van der Waals surface area contributed by atoms with Crippen molar-refractivity contribution in [3.8, 4) is 0 Å². The zero-order chi connectivity index (χ0) is 12.6. The number of halogens is 2. The lowest BCUT2D eigenvalue weighted by Gasteiger charge is -2.35. The first-order valence-electron chi connectivity index (χ1n) is 6.41. The van der Waals surface area contributed by atoms with E-state index in [4.69, 9.17) is 32.7 Å². The Bertz CT molecular complexity index is 431. The predicted molar refractivity (Wildman–Crippen MR) is 72.3 cm³/mol. The Balaban J connectivity index is 1.70. The van der Waals surface area contributed by atoms with Gasteiger partial charge in [-0.25, -0.2) is 0 Å². The number of rotatable bonds is 1. The molecule has 98 valence electrons. The second-order valence-corrected chi connectivity index (χ2v) is 5.87. The molecule has 18 heavy (non-hydrogen) atoms. The highest BCUT2D eigenvalue weighted by Crippen LogP contribution is 2.43. The third-order valence-corrected chi connectivity index (χ3v) is 4.72. The molecule has 2 fully saturated rings. The second kappa shape index (κ2) is 5.01. The maximum absolute atomic E-state index is 6.07. The highest BCUT2D eigenvalue weighted by Gasteiger charge is 2.40. The van der Waals surface area contributed by atoms with Crippen LogP contribution in [0.15, 0.2) is 18.2 Å². The molecule has 0 atom stereocenters. The fourth-order valence-corrected chi connectivity index (χ4v) is 3.25. The Morgan fingerprint density at radius 1 is 1.00 bits per heavy atom. The molecule has 1 aliphatic heterocycles. The van der Waals surface area contributed by atoms with Gasteiger partial charge in [-0.3, -0.25) is 0 Å². The van der Waals surface area contributed by atoms with Crippen molar-refractivity contribution in [3.63, 3.8) is 0 Å². The molecule has 1 saturated heterocycles. The van der Waals surface area contributed by atoms with Crippen LogP contribution < -0.4 is 0 Å². The zero-order valence-corrected chi connectivity index (χ0v) is 11.6. The summed E-state index contributed by atoms with van der Waals surface area (Å²) in [7, 11) is 0. The van der Waals surface area contributed by atoms with Gasteiger partial charge >= 0.3 is 0 Å². The molecule has 2 aliphatic rings. The van der Waals surface area contributed by atoms with Crippen LogP contribution >= 0.6 is 23.2 Å². The highest BCUT2D eigenvalue weighted by molar-refractivity contribution is 6.42. The Morgan fingerprint density at radius 3 is 2.28 bits per heavy atom. The maximum atomic E-state index is 6.07. The Labute approximate surface area is 117 Å². The molecule has 1 saturated carbocycles. The van der Waals surface area contributed by atoms with Gasteiger partial charge in [0.2, 0.25) is 0 Å². The summed E-state index contributed by atoms with van der Waals surface area (Å²) in [5, 5.41) is 1.26. The van der Waals surface area contributed by atoms with Crippen LogP contribution in [0.25, 0.3) is 0 Å². The summed E-state index contributed by atoms with van der Waals surface area (Å²) in [5.74, 6) is 0.255. The number of hydrogen-bond donors (Lipinski definition) is 0. The first kappa shape index (κ1) is 12.7. The van der Waals surface area contributed by atoms with Crippen molar-refractivity contribution >= 4 is 23.2 Å². The van der Waals surface area contributed by atoms with E-state index in [9.17, 15) is 0 Å². The monoisotopic (exact) mass is 286 g/mol. The van der Waals surface area contributed by atoms with E-state index in [1.165, 1.54) is 5.56 Å². The van der Waals surface area contributed by atoms with E-state index in [-0.39, 0.29) is 5.79 Å². The summed E-state index contributed by atoms with van der Waals surface area (Å²) in [4.78, 5) is 0. The van der Waals surface area contributed by atoms with Crippen LogP contribution in [0.1, 0.15) is 37.2 Å². The van der Waals surface area contributed by atoms with E-state index in [1.807, 2.05) is 12.1 Å². The van der Waals surface area contributed by atoms with Crippen molar-refractivity contribution in [2.75, 3.05) is 13.2 Å².